The molecule has 0 aliphatic carbocycles. The normalized spacial score (nSPS) is 11.4. The van der Waals surface area contributed by atoms with Crippen molar-refractivity contribution in [2.45, 2.75) is 47.2 Å². The summed E-state index contributed by atoms with van der Waals surface area (Å²) in [5.41, 5.74) is 2.24. The van der Waals surface area contributed by atoms with Gasteiger partial charge in [-0.1, -0.05) is 24.2 Å². The quantitative estimate of drug-likeness (QED) is 0.565. The van der Waals surface area contributed by atoms with E-state index in [0.717, 1.165) is 24.3 Å². The van der Waals surface area contributed by atoms with Crippen LogP contribution in [0.4, 0.5) is 0 Å². The lowest BCUT2D eigenvalue weighted by Gasteiger charge is -2.12. The van der Waals surface area contributed by atoms with Crippen LogP contribution in [-0.4, -0.2) is 29.3 Å². The maximum atomic E-state index is 5.85. The molecule has 7 nitrogen and oxygen atoms in total. The van der Waals surface area contributed by atoms with E-state index in [1.165, 1.54) is 5.56 Å². The third-order valence-electron chi connectivity index (χ3n) is 3.41. The van der Waals surface area contributed by atoms with Crippen LogP contribution in [0, 0.1) is 13.8 Å². The van der Waals surface area contributed by atoms with Crippen LogP contribution in [0.15, 0.2) is 27.7 Å². The standard InChI is InChI=1S/C18H27N5O2/c1-5-9-24-16-10-13(3)7-8-15(16)11-20-18(19-6-2)21-12-17-22-14(4)23-25-17/h7-8,10H,5-6,9,11-12H2,1-4H3,(H2,19,20,21). The Balaban J connectivity index is 2.04. The minimum Gasteiger partial charge on any atom is -0.493 e. The molecule has 0 aliphatic heterocycles. The molecule has 0 unspecified atom stereocenters. The molecule has 0 saturated heterocycles. The molecular formula is C18H27N5O2. The smallest absolute Gasteiger partial charge is 0.246 e. The van der Waals surface area contributed by atoms with Crippen molar-refractivity contribution in [3.05, 3.63) is 41.0 Å². The van der Waals surface area contributed by atoms with Crippen molar-refractivity contribution in [2.75, 3.05) is 13.2 Å². The topological polar surface area (TPSA) is 84.6 Å². The highest BCUT2D eigenvalue weighted by molar-refractivity contribution is 5.79. The van der Waals surface area contributed by atoms with Crippen LogP contribution >= 0.6 is 0 Å². The first-order chi connectivity index (χ1) is 12.1. The number of rotatable bonds is 8. The Kier molecular flexibility index (Phi) is 7.25. The van der Waals surface area contributed by atoms with E-state index in [-0.39, 0.29) is 0 Å². The van der Waals surface area contributed by atoms with Crippen LogP contribution in [-0.2, 0) is 13.1 Å². The minimum absolute atomic E-state index is 0.430. The number of aliphatic imine (C=N–C) groups is 1. The summed E-state index contributed by atoms with van der Waals surface area (Å²) < 4.78 is 11.0. The van der Waals surface area contributed by atoms with E-state index >= 15 is 0 Å². The highest BCUT2D eigenvalue weighted by Crippen LogP contribution is 2.21. The van der Waals surface area contributed by atoms with Gasteiger partial charge in [-0.05, 0) is 38.8 Å². The third-order valence-corrected chi connectivity index (χ3v) is 3.41. The zero-order chi connectivity index (χ0) is 18.1. The highest BCUT2D eigenvalue weighted by atomic mass is 16.5. The van der Waals surface area contributed by atoms with Gasteiger partial charge in [-0.15, -0.1) is 0 Å². The van der Waals surface area contributed by atoms with Crippen molar-refractivity contribution in [1.82, 2.24) is 20.8 Å². The number of hydrogen-bond donors (Lipinski definition) is 2. The summed E-state index contributed by atoms with van der Waals surface area (Å²) in [5, 5.41) is 10.2. The lowest BCUT2D eigenvalue weighted by Crippen LogP contribution is -2.36. The minimum atomic E-state index is 0.430. The first kappa shape index (κ1) is 18.8. The van der Waals surface area contributed by atoms with Gasteiger partial charge in [0.2, 0.25) is 5.89 Å². The molecule has 7 heteroatoms. The number of nitrogens with zero attached hydrogens (tertiary/aromatic N) is 3. The zero-order valence-corrected chi connectivity index (χ0v) is 15.4. The first-order valence-electron chi connectivity index (χ1n) is 8.66. The number of hydrogen-bond acceptors (Lipinski definition) is 5. The summed E-state index contributed by atoms with van der Waals surface area (Å²) in [5.74, 6) is 2.75. The average molecular weight is 345 g/mol. The Morgan fingerprint density at radius 3 is 2.76 bits per heavy atom. The molecule has 0 fully saturated rings. The summed E-state index contributed by atoms with van der Waals surface area (Å²) in [7, 11) is 0. The maximum absolute atomic E-state index is 5.85. The van der Waals surface area contributed by atoms with Crippen molar-refractivity contribution < 1.29 is 9.26 Å². The van der Waals surface area contributed by atoms with Crippen LogP contribution in [0.1, 0.15) is 43.1 Å². The van der Waals surface area contributed by atoms with E-state index in [1.807, 2.05) is 6.92 Å². The van der Waals surface area contributed by atoms with E-state index in [1.54, 1.807) is 6.92 Å². The van der Waals surface area contributed by atoms with Gasteiger partial charge in [0.25, 0.3) is 0 Å². The van der Waals surface area contributed by atoms with Crippen LogP contribution in [0.5, 0.6) is 5.75 Å². The Labute approximate surface area is 148 Å². The van der Waals surface area contributed by atoms with E-state index in [9.17, 15) is 0 Å². The largest absolute Gasteiger partial charge is 0.493 e. The summed E-state index contributed by atoms with van der Waals surface area (Å²) in [6, 6.07) is 6.20. The molecule has 25 heavy (non-hydrogen) atoms. The third kappa shape index (κ3) is 6.10. The number of aryl methyl sites for hydroxylation is 2. The van der Waals surface area contributed by atoms with Crippen LogP contribution < -0.4 is 15.4 Å². The summed E-state index contributed by atoms with van der Waals surface area (Å²) in [6.45, 7) is 10.4. The van der Waals surface area contributed by atoms with Gasteiger partial charge < -0.3 is 19.9 Å². The number of aromatic nitrogens is 2. The molecule has 0 bridgehead atoms. The predicted molar refractivity (Wildman–Crippen MR) is 97.7 cm³/mol. The van der Waals surface area contributed by atoms with Gasteiger partial charge in [0.15, 0.2) is 11.8 Å². The second-order valence-corrected chi connectivity index (χ2v) is 5.74. The monoisotopic (exact) mass is 345 g/mol. The molecule has 0 amide bonds. The Hall–Kier alpha value is -2.57. The molecule has 1 heterocycles. The second kappa shape index (κ2) is 9.66. The average Bonchev–Trinajstić information content (AvgIpc) is 3.02. The van der Waals surface area contributed by atoms with Gasteiger partial charge in [0.05, 0.1) is 19.7 Å². The highest BCUT2D eigenvalue weighted by Gasteiger charge is 2.07. The number of ether oxygens (including phenoxy) is 1. The zero-order valence-electron chi connectivity index (χ0n) is 15.4. The van der Waals surface area contributed by atoms with E-state index in [2.05, 4.69) is 57.8 Å². The molecule has 0 aliphatic rings. The van der Waals surface area contributed by atoms with Crippen LogP contribution in [0.3, 0.4) is 0 Å². The first-order valence-corrected chi connectivity index (χ1v) is 8.66. The predicted octanol–water partition coefficient (Wildman–Crippen LogP) is 2.73. The SMILES string of the molecule is CCCOc1cc(C)ccc1CN=C(NCC)NCc1nc(C)no1. The van der Waals surface area contributed by atoms with Crippen molar-refractivity contribution in [3.63, 3.8) is 0 Å². The Morgan fingerprint density at radius 1 is 1.24 bits per heavy atom. The molecule has 0 spiro atoms. The van der Waals surface area contributed by atoms with Crippen molar-refractivity contribution >= 4 is 5.96 Å². The van der Waals surface area contributed by atoms with Crippen LogP contribution in [0.2, 0.25) is 0 Å². The number of nitrogens with one attached hydrogen (secondary N) is 2. The fourth-order valence-electron chi connectivity index (χ4n) is 2.22. The van der Waals surface area contributed by atoms with Gasteiger partial charge in [-0.25, -0.2) is 4.99 Å². The van der Waals surface area contributed by atoms with Gasteiger partial charge >= 0.3 is 0 Å². The molecule has 136 valence electrons. The summed E-state index contributed by atoms with van der Waals surface area (Å²) >= 11 is 0. The van der Waals surface area contributed by atoms with Gasteiger partial charge in [0.1, 0.15) is 5.75 Å². The van der Waals surface area contributed by atoms with Gasteiger partial charge in [0, 0.05) is 12.1 Å². The summed E-state index contributed by atoms with van der Waals surface area (Å²) in [6.07, 6.45) is 0.977. The number of benzene rings is 1. The van der Waals surface area contributed by atoms with Crippen LogP contribution in [0.25, 0.3) is 0 Å². The number of guanidine groups is 1. The molecule has 0 radical (unpaired) electrons. The second-order valence-electron chi connectivity index (χ2n) is 5.74. The molecular weight excluding hydrogens is 318 g/mol. The molecule has 1 aromatic carbocycles. The van der Waals surface area contributed by atoms with E-state index < -0.39 is 0 Å². The van der Waals surface area contributed by atoms with Crippen molar-refractivity contribution in [1.29, 1.82) is 0 Å². The molecule has 2 N–H and O–H groups in total. The summed E-state index contributed by atoms with van der Waals surface area (Å²) in [4.78, 5) is 8.80. The van der Waals surface area contributed by atoms with E-state index in [4.69, 9.17) is 9.26 Å². The van der Waals surface area contributed by atoms with Gasteiger partial charge in [-0.3, -0.25) is 0 Å². The van der Waals surface area contributed by atoms with Crippen molar-refractivity contribution in [2.24, 2.45) is 4.99 Å². The molecule has 1 aromatic heterocycles. The fraction of sp³-hybridized carbons (Fsp3) is 0.500. The fourth-order valence-corrected chi connectivity index (χ4v) is 2.22. The van der Waals surface area contributed by atoms with Gasteiger partial charge in [-0.2, -0.15) is 4.98 Å². The lowest BCUT2D eigenvalue weighted by atomic mass is 10.1. The van der Waals surface area contributed by atoms with E-state index in [0.29, 0.717) is 37.4 Å². The maximum Gasteiger partial charge on any atom is 0.246 e. The Bertz CT molecular complexity index is 697. The Morgan fingerprint density at radius 2 is 2.08 bits per heavy atom. The van der Waals surface area contributed by atoms with Crippen molar-refractivity contribution in [3.8, 4) is 5.75 Å². The molecule has 0 saturated carbocycles. The molecule has 2 rings (SSSR count). The lowest BCUT2D eigenvalue weighted by molar-refractivity contribution is 0.314. The molecule has 2 aromatic rings. The molecule has 0 atom stereocenters.